The molecular weight excluding hydrogens is 421 g/mol. The molecule has 1 fully saturated rings. The fourth-order valence-electron chi connectivity index (χ4n) is 4.06. The van der Waals surface area contributed by atoms with Gasteiger partial charge in [-0.05, 0) is 36.6 Å². The maximum absolute atomic E-state index is 13.6. The van der Waals surface area contributed by atoms with Crippen LogP contribution < -0.4 is 21.8 Å². The summed E-state index contributed by atoms with van der Waals surface area (Å²) in [5.41, 5.74) is 14.0. The average Bonchev–Trinajstić information content (AvgIpc) is 3.50. The highest BCUT2D eigenvalue weighted by atomic mass is 19.4. The second-order valence-corrected chi connectivity index (χ2v) is 8.05. The number of amides is 1. The summed E-state index contributed by atoms with van der Waals surface area (Å²) in [7, 11) is 0. The van der Waals surface area contributed by atoms with Crippen molar-refractivity contribution in [2.75, 3.05) is 11.1 Å². The Morgan fingerprint density at radius 2 is 1.97 bits per heavy atom. The Hall–Kier alpha value is -3.82. The van der Waals surface area contributed by atoms with Crippen molar-refractivity contribution in [3.63, 3.8) is 0 Å². The van der Waals surface area contributed by atoms with E-state index in [9.17, 15) is 18.0 Å². The molecule has 32 heavy (non-hydrogen) atoms. The van der Waals surface area contributed by atoms with Crippen molar-refractivity contribution in [1.82, 2.24) is 9.97 Å². The van der Waals surface area contributed by atoms with Crippen molar-refractivity contribution in [3.8, 4) is 11.1 Å². The van der Waals surface area contributed by atoms with Gasteiger partial charge in [-0.3, -0.25) is 10.1 Å². The molecule has 0 radical (unpaired) electrons. The summed E-state index contributed by atoms with van der Waals surface area (Å²) < 4.78 is 40.9. The van der Waals surface area contributed by atoms with E-state index in [1.807, 2.05) is 18.2 Å². The van der Waals surface area contributed by atoms with Gasteiger partial charge in [0.15, 0.2) is 6.04 Å². The summed E-state index contributed by atoms with van der Waals surface area (Å²) >= 11 is 0. The maximum atomic E-state index is 13.6. The smallest absolute Gasteiger partial charge is 0.384 e. The number of pyridine rings is 2. The largest absolute Gasteiger partial charge is 0.428 e. The third-order valence-electron chi connectivity index (χ3n) is 5.81. The summed E-state index contributed by atoms with van der Waals surface area (Å²) in [5, 5.41) is 3.75. The van der Waals surface area contributed by atoms with E-state index in [4.69, 9.17) is 11.5 Å². The Bertz CT molecular complexity index is 1340. The van der Waals surface area contributed by atoms with Gasteiger partial charge in [-0.25, -0.2) is 9.97 Å². The first-order valence-corrected chi connectivity index (χ1v) is 10.1. The highest BCUT2D eigenvalue weighted by molar-refractivity contribution is 6.18. The number of H-pyrrole nitrogens is 2. The number of hydrogen-bond acceptors (Lipinski definition) is 4. The van der Waals surface area contributed by atoms with Crippen LogP contribution in [-0.4, -0.2) is 28.1 Å². The molecule has 1 aromatic carbocycles. The van der Waals surface area contributed by atoms with Crippen LogP contribution in [-0.2, 0) is 0 Å². The van der Waals surface area contributed by atoms with Crippen molar-refractivity contribution in [1.29, 1.82) is 0 Å². The first-order valence-electron chi connectivity index (χ1n) is 10.1. The second-order valence-electron chi connectivity index (χ2n) is 8.05. The Kier molecular flexibility index (Phi) is 4.47. The van der Waals surface area contributed by atoms with Gasteiger partial charge in [0, 0.05) is 28.6 Å². The molecule has 0 spiro atoms. The summed E-state index contributed by atoms with van der Waals surface area (Å²) in [6.07, 6.45) is -0.393. The number of aromatic amines is 2. The lowest BCUT2D eigenvalue weighted by Crippen LogP contribution is -2.40. The van der Waals surface area contributed by atoms with Crippen LogP contribution in [0.25, 0.3) is 32.9 Å². The Morgan fingerprint density at radius 3 is 2.59 bits per heavy atom. The molecule has 3 aromatic heterocycles. The fourth-order valence-corrected chi connectivity index (χ4v) is 4.06. The lowest BCUT2D eigenvalue weighted by Gasteiger charge is -2.17. The fraction of sp³-hybridized carbons (Fsp3) is 0.227. The van der Waals surface area contributed by atoms with Gasteiger partial charge in [-0.15, -0.1) is 0 Å². The molecule has 7 N–H and O–H groups in total. The highest BCUT2D eigenvalue weighted by Crippen LogP contribution is 2.42. The predicted octanol–water partition coefficient (Wildman–Crippen LogP) is 3.63. The zero-order valence-corrected chi connectivity index (χ0v) is 16.8. The topological polar surface area (TPSA) is 124 Å². The predicted molar refractivity (Wildman–Crippen MR) is 115 cm³/mol. The van der Waals surface area contributed by atoms with Crippen LogP contribution in [0, 0.1) is 5.92 Å². The minimum Gasteiger partial charge on any atom is -0.384 e. The molecule has 1 aliphatic rings. The summed E-state index contributed by atoms with van der Waals surface area (Å²) in [6.45, 7) is 0. The van der Waals surface area contributed by atoms with Crippen molar-refractivity contribution in [2.24, 2.45) is 11.7 Å². The normalized spacial score (nSPS) is 15.2. The lowest BCUT2D eigenvalue weighted by molar-refractivity contribution is -0.360. The molecule has 0 bridgehead atoms. The Labute approximate surface area is 180 Å². The number of nitrogen functional groups attached to an aromatic ring is 1. The first-order chi connectivity index (χ1) is 15.2. The quantitative estimate of drug-likeness (QED) is 0.377. The number of nitrogens with one attached hydrogen (secondary N) is 3. The number of anilines is 2. The summed E-state index contributed by atoms with van der Waals surface area (Å²) in [6, 6.07) is 7.31. The summed E-state index contributed by atoms with van der Waals surface area (Å²) in [5.74, 6) is -0.578. The first kappa shape index (κ1) is 20.1. The van der Waals surface area contributed by atoms with Gasteiger partial charge in [-0.2, -0.15) is 13.2 Å². The number of alkyl halides is 3. The minimum atomic E-state index is -4.40. The molecule has 0 saturated heterocycles. The number of carbonyl (C=O) groups excluding carboxylic acids is 1. The molecule has 1 amide bonds. The monoisotopic (exact) mass is 441 g/mol. The SMILES string of the molecule is NC(=O)c1c[nH+]c(N[C@H](C2CC2)C(F)(F)F)c2c1[nH]c1cc(-c3ccc(N)nc3)ccc12. The van der Waals surface area contributed by atoms with Crippen LogP contribution >= 0.6 is 0 Å². The number of primary amides is 1. The molecule has 1 saturated carbocycles. The number of halogens is 3. The number of nitrogens with two attached hydrogens (primary N) is 2. The zero-order chi connectivity index (χ0) is 22.6. The molecule has 164 valence electrons. The van der Waals surface area contributed by atoms with Crippen LogP contribution in [0.15, 0.2) is 42.7 Å². The van der Waals surface area contributed by atoms with Crippen molar-refractivity contribution < 1.29 is 22.9 Å². The van der Waals surface area contributed by atoms with Gasteiger partial charge >= 0.3 is 6.18 Å². The molecule has 0 aliphatic heterocycles. The molecule has 10 heteroatoms. The highest BCUT2D eigenvalue weighted by Gasteiger charge is 2.52. The maximum Gasteiger partial charge on any atom is 0.428 e. The van der Waals surface area contributed by atoms with E-state index in [0.29, 0.717) is 40.5 Å². The lowest BCUT2D eigenvalue weighted by atomic mass is 10.0. The number of rotatable bonds is 5. The van der Waals surface area contributed by atoms with Crippen molar-refractivity contribution in [3.05, 3.63) is 48.3 Å². The van der Waals surface area contributed by atoms with E-state index in [0.717, 1.165) is 11.1 Å². The number of aromatic nitrogens is 3. The Balaban J connectivity index is 1.68. The van der Waals surface area contributed by atoms with Crippen molar-refractivity contribution in [2.45, 2.75) is 25.1 Å². The van der Waals surface area contributed by atoms with Crippen LogP contribution in [0.5, 0.6) is 0 Å². The van der Waals surface area contributed by atoms with Gasteiger partial charge in [0.05, 0.1) is 10.9 Å². The molecule has 1 atom stereocenters. The minimum absolute atomic E-state index is 0.160. The molecule has 4 aromatic rings. The third kappa shape index (κ3) is 3.47. The van der Waals surface area contributed by atoms with Gasteiger partial charge < -0.3 is 16.5 Å². The second kappa shape index (κ2) is 7.11. The van der Waals surface area contributed by atoms with Crippen LogP contribution in [0.2, 0.25) is 0 Å². The van der Waals surface area contributed by atoms with Gasteiger partial charge in [0.25, 0.3) is 11.7 Å². The summed E-state index contributed by atoms with van der Waals surface area (Å²) in [4.78, 5) is 22.1. The number of benzene rings is 1. The van der Waals surface area contributed by atoms with E-state index in [1.54, 1.807) is 18.3 Å². The van der Waals surface area contributed by atoms with Crippen LogP contribution in [0.4, 0.5) is 24.8 Å². The van der Waals surface area contributed by atoms with Gasteiger partial charge in [0.2, 0.25) is 0 Å². The average molecular weight is 441 g/mol. The van der Waals surface area contributed by atoms with Crippen molar-refractivity contribution >= 4 is 39.3 Å². The van der Waals surface area contributed by atoms with Gasteiger partial charge in [-0.1, -0.05) is 12.1 Å². The number of nitrogens with zero attached hydrogens (tertiary/aromatic N) is 1. The van der Waals surface area contributed by atoms with Gasteiger partial charge in [0.1, 0.15) is 17.6 Å². The third-order valence-corrected chi connectivity index (χ3v) is 5.81. The van der Waals surface area contributed by atoms with E-state index in [1.165, 1.54) is 6.20 Å². The van der Waals surface area contributed by atoms with E-state index in [-0.39, 0.29) is 11.4 Å². The zero-order valence-electron chi connectivity index (χ0n) is 16.8. The van der Waals surface area contributed by atoms with Crippen LogP contribution in [0.1, 0.15) is 23.2 Å². The molecule has 5 rings (SSSR count). The van der Waals surface area contributed by atoms with E-state index in [2.05, 4.69) is 20.3 Å². The van der Waals surface area contributed by atoms with Crippen LogP contribution in [0.3, 0.4) is 0 Å². The molecular formula is C22H20F3N6O+. The standard InChI is InChI=1S/C22H19F3N6O/c23-22(24,25)19(10-1-2-10)31-21-17-13-5-3-11(12-4-6-16(26)28-8-12)7-15(13)30-18(17)14(9-29-21)20(27)32/h3-10,19,30H,1-2H2,(H2,26,28)(H2,27,32)(H,29,31)/p+1/t19-/m1/s1. The Morgan fingerprint density at radius 1 is 1.22 bits per heavy atom. The van der Waals surface area contributed by atoms with E-state index < -0.39 is 24.0 Å². The number of carbonyl (C=O) groups is 1. The van der Waals surface area contributed by atoms with E-state index >= 15 is 0 Å². The number of hydrogen-bond donors (Lipinski definition) is 4. The molecule has 0 unspecified atom stereocenters. The molecule has 1 aliphatic carbocycles. The molecule has 3 heterocycles. The number of fused-ring (bicyclic) bond motifs is 3. The molecule has 7 nitrogen and oxygen atoms in total.